The Kier molecular flexibility index (Phi) is 6.06. The van der Waals surface area contributed by atoms with Gasteiger partial charge in [0, 0.05) is 19.2 Å². The number of carbonyl (C=O) groups is 1. The van der Waals surface area contributed by atoms with E-state index >= 15 is 0 Å². The zero-order chi connectivity index (χ0) is 17.7. The molecule has 7 nitrogen and oxygen atoms in total. The van der Waals surface area contributed by atoms with E-state index in [1.807, 2.05) is 6.92 Å². The number of piperidine rings is 1. The largest absolute Gasteiger partial charge is 0.494 e. The number of benzene rings is 1. The van der Waals surface area contributed by atoms with Gasteiger partial charge in [-0.3, -0.25) is 4.79 Å². The third-order valence-corrected chi connectivity index (χ3v) is 5.87. The molecule has 1 N–H and O–H groups in total. The molecular weight excluding hydrogens is 334 g/mol. The Hall–Kier alpha value is -1.80. The van der Waals surface area contributed by atoms with Crippen molar-refractivity contribution >= 4 is 16.0 Å². The van der Waals surface area contributed by atoms with Crippen LogP contribution in [0, 0.1) is 5.92 Å². The third kappa shape index (κ3) is 3.99. The van der Waals surface area contributed by atoms with Crippen molar-refractivity contribution in [3.05, 3.63) is 18.2 Å². The predicted octanol–water partition coefficient (Wildman–Crippen LogP) is 1.97. The molecule has 2 rings (SSSR count). The van der Waals surface area contributed by atoms with E-state index < -0.39 is 21.9 Å². The minimum atomic E-state index is -3.77. The Balaban J connectivity index is 2.30. The van der Waals surface area contributed by atoms with Crippen molar-refractivity contribution in [2.45, 2.75) is 31.6 Å². The summed E-state index contributed by atoms with van der Waals surface area (Å²) in [5.74, 6) is -0.626. The number of sulfonamides is 1. The maximum Gasteiger partial charge on any atom is 0.306 e. The molecule has 1 aromatic carbocycles. The summed E-state index contributed by atoms with van der Waals surface area (Å²) in [7, 11) is -3.77. The molecule has 0 amide bonds. The normalized spacial score (nSPS) is 16.8. The van der Waals surface area contributed by atoms with Crippen molar-refractivity contribution in [3.63, 3.8) is 0 Å². The minimum Gasteiger partial charge on any atom is -0.494 e. The highest BCUT2D eigenvalue weighted by Gasteiger charge is 2.34. The number of aliphatic carboxylic acids is 1. The molecule has 0 bridgehead atoms. The van der Waals surface area contributed by atoms with Crippen LogP contribution in [0.1, 0.15) is 26.7 Å². The quantitative estimate of drug-likeness (QED) is 0.802. The van der Waals surface area contributed by atoms with Crippen molar-refractivity contribution in [3.8, 4) is 11.5 Å². The Morgan fingerprint density at radius 2 is 1.83 bits per heavy atom. The van der Waals surface area contributed by atoms with Crippen molar-refractivity contribution in [2.24, 2.45) is 5.92 Å². The second-order valence-electron chi connectivity index (χ2n) is 5.49. The lowest BCUT2D eigenvalue weighted by Crippen LogP contribution is -2.40. The molecule has 0 atom stereocenters. The van der Waals surface area contributed by atoms with Gasteiger partial charge in [-0.15, -0.1) is 0 Å². The van der Waals surface area contributed by atoms with Crippen LogP contribution in [0.2, 0.25) is 0 Å². The fourth-order valence-corrected chi connectivity index (χ4v) is 4.32. The van der Waals surface area contributed by atoms with Gasteiger partial charge in [-0.2, -0.15) is 4.31 Å². The predicted molar refractivity (Wildman–Crippen MR) is 87.9 cm³/mol. The molecule has 24 heavy (non-hydrogen) atoms. The lowest BCUT2D eigenvalue weighted by atomic mass is 9.99. The van der Waals surface area contributed by atoms with Crippen LogP contribution < -0.4 is 9.47 Å². The van der Waals surface area contributed by atoms with Gasteiger partial charge >= 0.3 is 5.97 Å². The minimum absolute atomic E-state index is 0.0593. The SMILES string of the molecule is CCOc1ccc(OCC)c(S(=O)(=O)N2CCC(C(=O)O)CC2)c1. The van der Waals surface area contributed by atoms with Crippen LogP contribution in [0.5, 0.6) is 11.5 Å². The first kappa shape index (κ1) is 18.5. The van der Waals surface area contributed by atoms with Crippen LogP contribution in [0.4, 0.5) is 0 Å². The zero-order valence-corrected chi connectivity index (χ0v) is 14.7. The first-order chi connectivity index (χ1) is 11.4. The Labute approximate surface area is 142 Å². The molecule has 1 fully saturated rings. The van der Waals surface area contributed by atoms with E-state index in [-0.39, 0.29) is 23.7 Å². The molecule has 1 heterocycles. The van der Waals surface area contributed by atoms with Gasteiger partial charge < -0.3 is 14.6 Å². The number of ether oxygens (including phenoxy) is 2. The lowest BCUT2D eigenvalue weighted by molar-refractivity contribution is -0.142. The highest BCUT2D eigenvalue weighted by molar-refractivity contribution is 7.89. The first-order valence-corrected chi connectivity index (χ1v) is 9.46. The summed E-state index contributed by atoms with van der Waals surface area (Å²) in [4.78, 5) is 11.1. The molecule has 1 aromatic rings. The molecule has 0 aromatic heterocycles. The van der Waals surface area contributed by atoms with Crippen LogP contribution in [-0.4, -0.2) is 50.1 Å². The van der Waals surface area contributed by atoms with E-state index in [9.17, 15) is 13.2 Å². The first-order valence-electron chi connectivity index (χ1n) is 8.02. The average molecular weight is 357 g/mol. The summed E-state index contributed by atoms with van der Waals surface area (Å²) in [6.07, 6.45) is 0.618. The Bertz CT molecular complexity index is 680. The molecule has 1 saturated heterocycles. The zero-order valence-electron chi connectivity index (χ0n) is 13.9. The number of hydrogen-bond acceptors (Lipinski definition) is 5. The maximum atomic E-state index is 13.0. The number of carboxylic acids is 1. The van der Waals surface area contributed by atoms with E-state index in [0.717, 1.165) is 0 Å². The Morgan fingerprint density at radius 3 is 2.38 bits per heavy atom. The van der Waals surface area contributed by atoms with E-state index in [1.165, 1.54) is 10.4 Å². The number of nitrogens with zero attached hydrogens (tertiary/aromatic N) is 1. The van der Waals surface area contributed by atoms with Crippen molar-refractivity contribution in [1.82, 2.24) is 4.31 Å². The van der Waals surface area contributed by atoms with Gasteiger partial charge in [0.15, 0.2) is 0 Å². The third-order valence-electron chi connectivity index (χ3n) is 3.95. The highest BCUT2D eigenvalue weighted by Crippen LogP contribution is 2.33. The van der Waals surface area contributed by atoms with Crippen molar-refractivity contribution in [2.75, 3.05) is 26.3 Å². The van der Waals surface area contributed by atoms with E-state index in [4.69, 9.17) is 14.6 Å². The summed E-state index contributed by atoms with van der Waals surface area (Å²) >= 11 is 0. The van der Waals surface area contributed by atoms with Gasteiger partial charge in [0.25, 0.3) is 0 Å². The number of carboxylic acid groups (broad SMARTS) is 1. The van der Waals surface area contributed by atoms with E-state index in [2.05, 4.69) is 0 Å². The highest BCUT2D eigenvalue weighted by atomic mass is 32.2. The topological polar surface area (TPSA) is 93.1 Å². The summed E-state index contributed by atoms with van der Waals surface area (Å²) in [6, 6.07) is 4.72. The van der Waals surface area contributed by atoms with Crippen LogP contribution in [0.15, 0.2) is 23.1 Å². The molecule has 1 aliphatic heterocycles. The number of rotatable bonds is 7. The molecule has 0 spiro atoms. The van der Waals surface area contributed by atoms with Crippen LogP contribution in [-0.2, 0) is 14.8 Å². The van der Waals surface area contributed by atoms with E-state index in [0.29, 0.717) is 31.8 Å². The molecule has 0 saturated carbocycles. The Morgan fingerprint density at radius 1 is 1.21 bits per heavy atom. The van der Waals surface area contributed by atoms with Gasteiger partial charge in [-0.25, -0.2) is 8.42 Å². The molecular formula is C16H23NO6S. The smallest absolute Gasteiger partial charge is 0.306 e. The summed E-state index contributed by atoms with van der Waals surface area (Å²) < 4.78 is 38.1. The van der Waals surface area contributed by atoms with Crippen molar-refractivity contribution in [1.29, 1.82) is 0 Å². The fourth-order valence-electron chi connectivity index (χ4n) is 2.70. The monoisotopic (exact) mass is 357 g/mol. The average Bonchev–Trinajstić information content (AvgIpc) is 2.56. The molecule has 0 radical (unpaired) electrons. The van der Waals surface area contributed by atoms with Crippen molar-refractivity contribution < 1.29 is 27.8 Å². The van der Waals surface area contributed by atoms with Gasteiger partial charge in [0.1, 0.15) is 16.4 Å². The second-order valence-corrected chi connectivity index (χ2v) is 7.40. The van der Waals surface area contributed by atoms with Gasteiger partial charge in [-0.05, 0) is 38.8 Å². The van der Waals surface area contributed by atoms with Crippen LogP contribution in [0.3, 0.4) is 0 Å². The number of hydrogen-bond donors (Lipinski definition) is 1. The van der Waals surface area contributed by atoms with Gasteiger partial charge in [0.05, 0.1) is 19.1 Å². The summed E-state index contributed by atoms with van der Waals surface area (Å²) in [6.45, 7) is 4.75. The molecule has 0 aliphatic carbocycles. The van der Waals surface area contributed by atoms with E-state index in [1.54, 1.807) is 19.1 Å². The van der Waals surface area contributed by atoms with Gasteiger partial charge in [0.2, 0.25) is 10.0 Å². The lowest BCUT2D eigenvalue weighted by Gasteiger charge is -2.29. The standard InChI is InChI=1S/C16H23NO6S/c1-3-22-13-5-6-14(23-4-2)15(11-13)24(20,21)17-9-7-12(8-10-17)16(18)19/h5-6,11-12H,3-4,7-10H2,1-2H3,(H,18,19). The summed E-state index contributed by atoms with van der Waals surface area (Å²) in [5.41, 5.74) is 0. The molecule has 0 unspecified atom stereocenters. The van der Waals surface area contributed by atoms with Crippen LogP contribution in [0.25, 0.3) is 0 Å². The fraction of sp³-hybridized carbons (Fsp3) is 0.562. The van der Waals surface area contributed by atoms with Gasteiger partial charge in [-0.1, -0.05) is 0 Å². The summed E-state index contributed by atoms with van der Waals surface area (Å²) in [5, 5.41) is 9.05. The second kappa shape index (κ2) is 7.85. The maximum absolute atomic E-state index is 13.0. The van der Waals surface area contributed by atoms with Crippen LogP contribution >= 0.6 is 0 Å². The molecule has 1 aliphatic rings. The molecule has 134 valence electrons. The molecule has 8 heteroatoms.